The van der Waals surface area contributed by atoms with Gasteiger partial charge in [0.2, 0.25) is 5.91 Å². The molecule has 1 fully saturated rings. The van der Waals surface area contributed by atoms with E-state index in [4.69, 9.17) is 11.6 Å². The summed E-state index contributed by atoms with van der Waals surface area (Å²) in [5.74, 6) is 0.118. The largest absolute Gasteiger partial charge is 0.316 e. The Hall–Kier alpha value is -1.43. The molecule has 1 aromatic carbocycles. The Bertz CT molecular complexity index is 680. The molecule has 0 spiro atoms. The topological polar surface area (TPSA) is 54.0 Å². The van der Waals surface area contributed by atoms with Crippen molar-refractivity contribution in [2.75, 3.05) is 18.4 Å². The van der Waals surface area contributed by atoms with Gasteiger partial charge in [-0.25, -0.2) is 4.98 Å². The second-order valence-electron chi connectivity index (χ2n) is 5.57. The first kappa shape index (κ1) is 15.5. The lowest BCUT2D eigenvalue weighted by Crippen LogP contribution is -2.24. The summed E-state index contributed by atoms with van der Waals surface area (Å²) < 4.78 is 0. The average Bonchev–Trinajstić information content (AvgIpc) is 3.15. The van der Waals surface area contributed by atoms with Crippen LogP contribution in [0, 0.1) is 12.8 Å². The number of thiazole rings is 1. The van der Waals surface area contributed by atoms with E-state index in [1.807, 2.05) is 25.3 Å². The van der Waals surface area contributed by atoms with Gasteiger partial charge in [-0.1, -0.05) is 23.7 Å². The second-order valence-corrected chi connectivity index (χ2v) is 7.09. The van der Waals surface area contributed by atoms with Crippen molar-refractivity contribution in [1.82, 2.24) is 10.3 Å². The van der Waals surface area contributed by atoms with E-state index in [0.717, 1.165) is 47.0 Å². The Balaban J connectivity index is 1.63. The van der Waals surface area contributed by atoms with Gasteiger partial charge in [-0.05, 0) is 37.1 Å². The molecule has 2 N–H and O–H groups in total. The number of hydrogen-bond acceptors (Lipinski definition) is 4. The van der Waals surface area contributed by atoms with Crippen LogP contribution in [0.15, 0.2) is 24.4 Å². The van der Waals surface area contributed by atoms with Crippen molar-refractivity contribution in [3.8, 4) is 0 Å². The first-order valence-corrected chi connectivity index (χ1v) is 8.52. The number of aromatic nitrogens is 1. The molecule has 1 aliphatic rings. The Morgan fingerprint density at radius 1 is 1.55 bits per heavy atom. The molecule has 1 aromatic heterocycles. The fourth-order valence-electron chi connectivity index (χ4n) is 2.48. The normalized spacial score (nSPS) is 17.6. The molecule has 2 heterocycles. The Kier molecular flexibility index (Phi) is 4.76. The molecule has 4 nitrogen and oxygen atoms in total. The molecule has 22 heavy (non-hydrogen) atoms. The monoisotopic (exact) mass is 335 g/mol. The molecule has 1 atom stereocenters. The van der Waals surface area contributed by atoms with E-state index < -0.39 is 0 Å². The van der Waals surface area contributed by atoms with Crippen molar-refractivity contribution >= 4 is 34.0 Å². The zero-order chi connectivity index (χ0) is 15.5. The van der Waals surface area contributed by atoms with Crippen molar-refractivity contribution in [3.05, 3.63) is 45.4 Å². The SMILES string of the molecule is Cc1ccc(Cc2cnc(NC(=O)C3CCNC3)s2)cc1Cl. The third-order valence-corrected chi connectivity index (χ3v) is 5.15. The van der Waals surface area contributed by atoms with E-state index in [9.17, 15) is 4.79 Å². The maximum atomic E-state index is 12.1. The van der Waals surface area contributed by atoms with E-state index in [1.54, 1.807) is 0 Å². The summed E-state index contributed by atoms with van der Waals surface area (Å²) in [6.07, 6.45) is 3.49. The van der Waals surface area contributed by atoms with Crippen LogP contribution in [0.3, 0.4) is 0 Å². The third kappa shape index (κ3) is 3.66. The minimum atomic E-state index is 0.0586. The van der Waals surface area contributed by atoms with Crippen LogP contribution >= 0.6 is 22.9 Å². The highest BCUT2D eigenvalue weighted by molar-refractivity contribution is 7.15. The summed E-state index contributed by atoms with van der Waals surface area (Å²) in [5, 5.41) is 7.56. The number of nitrogens with one attached hydrogen (secondary N) is 2. The number of aryl methyl sites for hydroxylation is 1. The molecule has 0 radical (unpaired) electrons. The molecular formula is C16H18ClN3OS. The van der Waals surface area contributed by atoms with Gasteiger partial charge < -0.3 is 10.6 Å². The number of rotatable bonds is 4. The molecule has 3 rings (SSSR count). The first-order valence-electron chi connectivity index (χ1n) is 7.33. The Labute approximate surface area is 138 Å². The third-order valence-electron chi connectivity index (χ3n) is 3.83. The van der Waals surface area contributed by atoms with Crippen LogP contribution in [0.4, 0.5) is 5.13 Å². The molecule has 116 valence electrons. The smallest absolute Gasteiger partial charge is 0.230 e. The van der Waals surface area contributed by atoms with Gasteiger partial charge in [0.25, 0.3) is 0 Å². The van der Waals surface area contributed by atoms with Crippen LogP contribution in [0.2, 0.25) is 5.02 Å². The van der Waals surface area contributed by atoms with Gasteiger partial charge in [0, 0.05) is 29.1 Å². The van der Waals surface area contributed by atoms with Crippen molar-refractivity contribution < 1.29 is 4.79 Å². The van der Waals surface area contributed by atoms with E-state index in [-0.39, 0.29) is 11.8 Å². The Morgan fingerprint density at radius 3 is 3.14 bits per heavy atom. The first-order chi connectivity index (χ1) is 10.6. The lowest BCUT2D eigenvalue weighted by Gasteiger charge is -2.06. The highest BCUT2D eigenvalue weighted by atomic mass is 35.5. The maximum absolute atomic E-state index is 12.1. The van der Waals surface area contributed by atoms with E-state index in [1.165, 1.54) is 11.3 Å². The number of carbonyl (C=O) groups is 1. The van der Waals surface area contributed by atoms with Gasteiger partial charge in [-0.15, -0.1) is 11.3 Å². The highest BCUT2D eigenvalue weighted by Gasteiger charge is 2.23. The standard InChI is InChI=1S/C16H18ClN3OS/c1-10-2-3-11(7-14(10)17)6-13-9-19-16(22-13)20-15(21)12-4-5-18-8-12/h2-3,7,9,12,18H,4-6,8H2,1H3,(H,19,20,21). The summed E-state index contributed by atoms with van der Waals surface area (Å²) in [5.41, 5.74) is 2.23. The molecule has 1 unspecified atom stereocenters. The molecule has 1 saturated heterocycles. The van der Waals surface area contributed by atoms with Crippen molar-refractivity contribution in [1.29, 1.82) is 0 Å². The minimum absolute atomic E-state index is 0.0586. The number of halogens is 1. The number of carbonyl (C=O) groups excluding carboxylic acids is 1. The van der Waals surface area contributed by atoms with E-state index >= 15 is 0 Å². The molecule has 0 saturated carbocycles. The van der Waals surface area contributed by atoms with Gasteiger partial charge >= 0.3 is 0 Å². The fourth-order valence-corrected chi connectivity index (χ4v) is 3.53. The number of nitrogens with zero attached hydrogens (tertiary/aromatic N) is 1. The van der Waals surface area contributed by atoms with Crippen molar-refractivity contribution in [2.24, 2.45) is 5.92 Å². The average molecular weight is 336 g/mol. The molecular weight excluding hydrogens is 318 g/mol. The molecule has 0 aliphatic carbocycles. The number of amides is 1. The van der Waals surface area contributed by atoms with Crippen LogP contribution < -0.4 is 10.6 Å². The zero-order valence-electron chi connectivity index (χ0n) is 12.4. The molecule has 0 bridgehead atoms. The van der Waals surface area contributed by atoms with E-state index in [0.29, 0.717) is 5.13 Å². The fraction of sp³-hybridized carbons (Fsp3) is 0.375. The molecule has 1 aliphatic heterocycles. The lowest BCUT2D eigenvalue weighted by molar-refractivity contribution is -0.119. The van der Waals surface area contributed by atoms with Gasteiger partial charge in [-0.3, -0.25) is 4.79 Å². The van der Waals surface area contributed by atoms with Gasteiger partial charge in [0.05, 0.1) is 5.92 Å². The number of anilines is 1. The molecule has 1 amide bonds. The van der Waals surface area contributed by atoms with Crippen LogP contribution in [0.25, 0.3) is 0 Å². The summed E-state index contributed by atoms with van der Waals surface area (Å²) in [7, 11) is 0. The van der Waals surface area contributed by atoms with Crippen LogP contribution in [0.1, 0.15) is 22.4 Å². The minimum Gasteiger partial charge on any atom is -0.316 e. The van der Waals surface area contributed by atoms with Crippen molar-refractivity contribution in [3.63, 3.8) is 0 Å². The van der Waals surface area contributed by atoms with Gasteiger partial charge in [-0.2, -0.15) is 0 Å². The van der Waals surface area contributed by atoms with E-state index in [2.05, 4.69) is 21.7 Å². The molecule has 2 aromatic rings. The van der Waals surface area contributed by atoms with Crippen LogP contribution in [-0.4, -0.2) is 24.0 Å². The maximum Gasteiger partial charge on any atom is 0.230 e. The zero-order valence-corrected chi connectivity index (χ0v) is 13.9. The van der Waals surface area contributed by atoms with Gasteiger partial charge in [0.1, 0.15) is 0 Å². The predicted octanol–water partition coefficient (Wildman–Crippen LogP) is 3.24. The Morgan fingerprint density at radius 2 is 2.41 bits per heavy atom. The lowest BCUT2D eigenvalue weighted by atomic mass is 10.1. The highest BCUT2D eigenvalue weighted by Crippen LogP contribution is 2.24. The molecule has 6 heteroatoms. The second kappa shape index (κ2) is 6.77. The quantitative estimate of drug-likeness (QED) is 0.901. The van der Waals surface area contributed by atoms with Crippen molar-refractivity contribution in [2.45, 2.75) is 19.8 Å². The van der Waals surface area contributed by atoms with Crippen LogP contribution in [0.5, 0.6) is 0 Å². The summed E-state index contributed by atoms with van der Waals surface area (Å²) in [6, 6.07) is 6.08. The summed E-state index contributed by atoms with van der Waals surface area (Å²) >= 11 is 7.67. The summed E-state index contributed by atoms with van der Waals surface area (Å²) in [4.78, 5) is 17.5. The van der Waals surface area contributed by atoms with Gasteiger partial charge in [0.15, 0.2) is 5.13 Å². The number of hydrogen-bond donors (Lipinski definition) is 2. The number of benzene rings is 1. The summed E-state index contributed by atoms with van der Waals surface area (Å²) in [6.45, 7) is 3.66. The van der Waals surface area contributed by atoms with Crippen LogP contribution in [-0.2, 0) is 11.2 Å². The predicted molar refractivity (Wildman–Crippen MR) is 90.7 cm³/mol.